The molecule has 26 heavy (non-hydrogen) atoms. The van der Waals surface area contributed by atoms with Crippen LogP contribution in [-0.4, -0.2) is 46.0 Å². The molecule has 2 aromatic carbocycles. The molecule has 0 aliphatic carbocycles. The molecule has 1 fully saturated rings. The van der Waals surface area contributed by atoms with E-state index < -0.39 is 10.0 Å². The van der Waals surface area contributed by atoms with Crippen LogP contribution in [0.15, 0.2) is 41.3 Å². The summed E-state index contributed by atoms with van der Waals surface area (Å²) in [5.41, 5.74) is 3.11. The van der Waals surface area contributed by atoms with Gasteiger partial charge in [-0.1, -0.05) is 29.3 Å². The van der Waals surface area contributed by atoms with Crippen LogP contribution in [0.25, 0.3) is 0 Å². The molecule has 1 saturated heterocycles. The van der Waals surface area contributed by atoms with E-state index in [0.29, 0.717) is 37.0 Å². The minimum atomic E-state index is -3.66. The predicted molar refractivity (Wildman–Crippen MR) is 105 cm³/mol. The second-order valence-electron chi connectivity index (χ2n) is 6.48. The number of aryl methyl sites for hydroxylation is 2. The van der Waals surface area contributed by atoms with Gasteiger partial charge in [-0.3, -0.25) is 0 Å². The Morgan fingerprint density at radius 1 is 1.00 bits per heavy atom. The summed E-state index contributed by atoms with van der Waals surface area (Å²) in [6.45, 7) is 6.00. The van der Waals surface area contributed by atoms with Crippen molar-refractivity contribution in [2.45, 2.75) is 18.7 Å². The van der Waals surface area contributed by atoms with E-state index in [0.717, 1.165) is 11.3 Å². The Morgan fingerprint density at radius 2 is 1.62 bits per heavy atom. The lowest BCUT2D eigenvalue weighted by atomic mass is 10.2. The molecule has 0 spiro atoms. The van der Waals surface area contributed by atoms with Crippen LogP contribution in [-0.2, 0) is 10.0 Å². The zero-order valence-electron chi connectivity index (χ0n) is 15.2. The largest absolute Gasteiger partial charge is 0.495 e. The Bertz CT molecular complexity index is 890. The van der Waals surface area contributed by atoms with Crippen LogP contribution in [0.2, 0.25) is 5.02 Å². The van der Waals surface area contributed by atoms with Gasteiger partial charge in [0.05, 0.1) is 7.11 Å². The highest BCUT2D eigenvalue weighted by Gasteiger charge is 2.31. The van der Waals surface area contributed by atoms with Crippen LogP contribution in [0.1, 0.15) is 11.1 Å². The van der Waals surface area contributed by atoms with Gasteiger partial charge < -0.3 is 9.64 Å². The first kappa shape index (κ1) is 19.0. The summed E-state index contributed by atoms with van der Waals surface area (Å²) in [4.78, 5) is 2.32. The number of rotatable bonds is 4. The monoisotopic (exact) mass is 394 g/mol. The number of sulfonamides is 1. The summed E-state index contributed by atoms with van der Waals surface area (Å²) in [7, 11) is -2.19. The van der Waals surface area contributed by atoms with E-state index in [9.17, 15) is 8.42 Å². The molecular weight excluding hydrogens is 372 g/mol. The fourth-order valence-corrected chi connectivity index (χ4v) is 4.89. The number of benzene rings is 2. The summed E-state index contributed by atoms with van der Waals surface area (Å²) >= 11 is 6.16. The quantitative estimate of drug-likeness (QED) is 0.796. The molecule has 0 bridgehead atoms. The molecule has 1 aliphatic heterocycles. The molecule has 2 aromatic rings. The number of nitrogens with zero attached hydrogens (tertiary/aromatic N) is 2. The fourth-order valence-electron chi connectivity index (χ4n) is 3.08. The van der Waals surface area contributed by atoms with E-state index >= 15 is 0 Å². The van der Waals surface area contributed by atoms with Crippen molar-refractivity contribution >= 4 is 27.3 Å². The Balaban J connectivity index is 1.80. The Kier molecular flexibility index (Phi) is 5.46. The summed E-state index contributed by atoms with van der Waals surface area (Å²) in [5, 5.41) is 0.419. The summed E-state index contributed by atoms with van der Waals surface area (Å²) in [6, 6.07) is 11.4. The molecule has 3 rings (SSSR count). The Labute approximate surface area is 160 Å². The molecule has 7 heteroatoms. The van der Waals surface area contributed by atoms with E-state index in [2.05, 4.69) is 29.2 Å². The third-order valence-electron chi connectivity index (χ3n) is 4.70. The van der Waals surface area contributed by atoms with E-state index in [1.165, 1.54) is 23.0 Å². The molecule has 0 saturated carbocycles. The average molecular weight is 395 g/mol. The fraction of sp³-hybridized carbons (Fsp3) is 0.368. The van der Waals surface area contributed by atoms with Crippen LogP contribution in [0.4, 0.5) is 5.69 Å². The lowest BCUT2D eigenvalue weighted by molar-refractivity contribution is 0.374. The van der Waals surface area contributed by atoms with Gasteiger partial charge in [0.25, 0.3) is 0 Å². The first-order valence-corrected chi connectivity index (χ1v) is 10.3. The van der Waals surface area contributed by atoms with Crippen molar-refractivity contribution in [1.82, 2.24) is 4.31 Å². The molecule has 0 radical (unpaired) electrons. The van der Waals surface area contributed by atoms with E-state index in [-0.39, 0.29) is 4.90 Å². The topological polar surface area (TPSA) is 49.9 Å². The highest BCUT2D eigenvalue weighted by molar-refractivity contribution is 7.89. The molecular formula is C19H23ClN2O3S. The smallest absolute Gasteiger partial charge is 0.246 e. The standard InChI is InChI=1S/C19H23ClN2O3S/c1-14-4-6-16(7-5-14)21-8-10-22(11-9-21)26(23,24)19-13-17(20)15(2)12-18(19)25-3/h4-7,12-13H,8-11H2,1-3H3. The second-order valence-corrected chi connectivity index (χ2v) is 8.79. The number of anilines is 1. The van der Waals surface area contributed by atoms with Crippen molar-refractivity contribution in [3.8, 4) is 5.75 Å². The van der Waals surface area contributed by atoms with Crippen LogP contribution in [0, 0.1) is 13.8 Å². The highest BCUT2D eigenvalue weighted by atomic mass is 35.5. The van der Waals surface area contributed by atoms with Crippen molar-refractivity contribution in [3.63, 3.8) is 0 Å². The molecule has 140 valence electrons. The van der Waals surface area contributed by atoms with Crippen molar-refractivity contribution in [2.75, 3.05) is 38.2 Å². The van der Waals surface area contributed by atoms with E-state index in [4.69, 9.17) is 16.3 Å². The van der Waals surface area contributed by atoms with Gasteiger partial charge in [0.2, 0.25) is 10.0 Å². The highest BCUT2D eigenvalue weighted by Crippen LogP contribution is 2.32. The van der Waals surface area contributed by atoms with Crippen LogP contribution < -0.4 is 9.64 Å². The van der Waals surface area contributed by atoms with Gasteiger partial charge in [-0.2, -0.15) is 4.31 Å². The number of ether oxygens (including phenoxy) is 1. The van der Waals surface area contributed by atoms with Crippen LogP contribution >= 0.6 is 11.6 Å². The van der Waals surface area contributed by atoms with E-state index in [1.807, 2.05) is 13.8 Å². The van der Waals surface area contributed by atoms with Crippen molar-refractivity contribution in [3.05, 3.63) is 52.5 Å². The summed E-state index contributed by atoms with van der Waals surface area (Å²) in [5.74, 6) is 0.327. The molecule has 1 aliphatic rings. The van der Waals surface area contributed by atoms with Crippen molar-refractivity contribution in [2.24, 2.45) is 0 Å². The molecule has 1 heterocycles. The lowest BCUT2D eigenvalue weighted by Gasteiger charge is -2.35. The number of hydrogen-bond donors (Lipinski definition) is 0. The SMILES string of the molecule is COc1cc(C)c(Cl)cc1S(=O)(=O)N1CCN(c2ccc(C)cc2)CC1. The van der Waals surface area contributed by atoms with Gasteiger partial charge in [0.15, 0.2) is 0 Å². The number of halogens is 1. The third-order valence-corrected chi connectivity index (χ3v) is 7.03. The van der Waals surface area contributed by atoms with Crippen LogP contribution in [0.3, 0.4) is 0 Å². The predicted octanol–water partition coefficient (Wildman–Crippen LogP) is 3.48. The van der Waals surface area contributed by atoms with Gasteiger partial charge in [0.1, 0.15) is 10.6 Å². The van der Waals surface area contributed by atoms with Gasteiger partial charge in [-0.25, -0.2) is 8.42 Å². The Morgan fingerprint density at radius 3 is 2.19 bits per heavy atom. The first-order chi connectivity index (χ1) is 12.3. The maximum absolute atomic E-state index is 13.1. The minimum absolute atomic E-state index is 0.124. The molecule has 5 nitrogen and oxygen atoms in total. The molecule has 0 N–H and O–H groups in total. The average Bonchev–Trinajstić information content (AvgIpc) is 2.64. The minimum Gasteiger partial charge on any atom is -0.495 e. The maximum atomic E-state index is 13.1. The molecule has 0 aromatic heterocycles. The van der Waals surface area contributed by atoms with Gasteiger partial charge in [0, 0.05) is 36.9 Å². The molecule has 0 unspecified atom stereocenters. The summed E-state index contributed by atoms with van der Waals surface area (Å²) < 4.78 is 33.0. The van der Waals surface area contributed by atoms with Crippen LogP contribution in [0.5, 0.6) is 5.75 Å². The summed E-state index contributed by atoms with van der Waals surface area (Å²) in [6.07, 6.45) is 0. The van der Waals surface area contributed by atoms with Gasteiger partial charge >= 0.3 is 0 Å². The lowest BCUT2D eigenvalue weighted by Crippen LogP contribution is -2.48. The normalized spacial score (nSPS) is 15.9. The van der Waals surface area contributed by atoms with Gasteiger partial charge in [-0.05, 0) is 43.7 Å². The van der Waals surface area contributed by atoms with Crippen molar-refractivity contribution < 1.29 is 13.2 Å². The maximum Gasteiger partial charge on any atom is 0.246 e. The Hall–Kier alpha value is -1.76. The molecule has 0 amide bonds. The zero-order chi connectivity index (χ0) is 18.9. The molecule has 0 atom stereocenters. The van der Waals surface area contributed by atoms with E-state index in [1.54, 1.807) is 6.07 Å². The van der Waals surface area contributed by atoms with Crippen molar-refractivity contribution in [1.29, 1.82) is 0 Å². The number of hydrogen-bond acceptors (Lipinski definition) is 4. The number of methoxy groups -OCH3 is 1. The third kappa shape index (κ3) is 3.68. The zero-order valence-corrected chi connectivity index (χ0v) is 16.8. The second kappa shape index (κ2) is 7.47. The van der Waals surface area contributed by atoms with Gasteiger partial charge in [-0.15, -0.1) is 0 Å². The number of piperazine rings is 1. The first-order valence-electron chi connectivity index (χ1n) is 8.49.